The van der Waals surface area contributed by atoms with Gasteiger partial charge in [-0.3, -0.25) is 10.1 Å². The predicted molar refractivity (Wildman–Crippen MR) is 111 cm³/mol. The van der Waals surface area contributed by atoms with E-state index >= 15 is 0 Å². The highest BCUT2D eigenvalue weighted by molar-refractivity contribution is 7.95. The molecule has 7 nitrogen and oxygen atoms in total. The Labute approximate surface area is 167 Å². The van der Waals surface area contributed by atoms with E-state index < -0.39 is 19.9 Å². The summed E-state index contributed by atoms with van der Waals surface area (Å²) in [6.45, 7) is 0. The monoisotopic (exact) mass is 435 g/mol. The quantitative estimate of drug-likeness (QED) is 0.405. The molecule has 4 N–H and O–H groups in total. The van der Waals surface area contributed by atoms with E-state index in [-0.39, 0.29) is 21.2 Å². The molecule has 0 spiro atoms. The van der Waals surface area contributed by atoms with Gasteiger partial charge in [0.2, 0.25) is 0 Å². The van der Waals surface area contributed by atoms with Crippen LogP contribution in [0.25, 0.3) is 0 Å². The standard InChI is InChI=1S/C18H17N3O4S3/c1-27(22,23)16-6-2-3-7-17(16)28(24,25)21-12-8-9-14(19)13(11-12)18(20)15-5-4-10-26-15/h2-11,20-21H,19H2,1H3. The second kappa shape index (κ2) is 7.38. The summed E-state index contributed by atoms with van der Waals surface area (Å²) in [5.74, 6) is 0. The van der Waals surface area contributed by atoms with Gasteiger partial charge in [0, 0.05) is 23.2 Å². The lowest BCUT2D eigenvalue weighted by Crippen LogP contribution is -2.17. The Morgan fingerprint density at radius 3 is 2.29 bits per heavy atom. The molecule has 0 radical (unpaired) electrons. The van der Waals surface area contributed by atoms with Crippen molar-refractivity contribution >= 4 is 48.3 Å². The van der Waals surface area contributed by atoms with Crippen LogP contribution in [-0.4, -0.2) is 28.8 Å². The fourth-order valence-corrected chi connectivity index (χ4v) is 5.95. The molecule has 0 amide bonds. The van der Waals surface area contributed by atoms with Crippen molar-refractivity contribution in [1.29, 1.82) is 5.41 Å². The normalized spacial score (nSPS) is 11.9. The maximum atomic E-state index is 12.8. The van der Waals surface area contributed by atoms with E-state index in [1.165, 1.54) is 53.8 Å². The molecule has 1 heterocycles. The van der Waals surface area contributed by atoms with E-state index in [1.807, 2.05) is 5.38 Å². The van der Waals surface area contributed by atoms with E-state index in [9.17, 15) is 16.8 Å². The van der Waals surface area contributed by atoms with E-state index in [0.29, 0.717) is 16.1 Å². The first-order valence-corrected chi connectivity index (χ1v) is 12.2. The molecule has 0 unspecified atom stereocenters. The molecule has 0 bridgehead atoms. The molecule has 0 atom stereocenters. The van der Waals surface area contributed by atoms with Gasteiger partial charge < -0.3 is 5.73 Å². The third-order valence-corrected chi connectivity index (χ3v) is 7.49. The Morgan fingerprint density at radius 1 is 1.00 bits per heavy atom. The van der Waals surface area contributed by atoms with Gasteiger partial charge in [-0.25, -0.2) is 16.8 Å². The van der Waals surface area contributed by atoms with Gasteiger partial charge in [0.1, 0.15) is 4.90 Å². The molecular weight excluding hydrogens is 418 g/mol. The van der Waals surface area contributed by atoms with Crippen molar-refractivity contribution in [3.05, 3.63) is 70.4 Å². The summed E-state index contributed by atoms with van der Waals surface area (Å²) in [5, 5.41) is 10.1. The number of hydrogen-bond donors (Lipinski definition) is 3. The maximum Gasteiger partial charge on any atom is 0.263 e. The molecule has 0 aliphatic heterocycles. The zero-order valence-electron chi connectivity index (χ0n) is 14.7. The summed E-state index contributed by atoms with van der Waals surface area (Å²) in [6, 6.07) is 13.4. The van der Waals surface area contributed by atoms with Crippen molar-refractivity contribution in [2.24, 2.45) is 0 Å². The summed E-state index contributed by atoms with van der Waals surface area (Å²) in [6.07, 6.45) is 0.949. The smallest absolute Gasteiger partial charge is 0.263 e. The summed E-state index contributed by atoms with van der Waals surface area (Å²) < 4.78 is 51.9. The number of benzene rings is 2. The molecule has 146 valence electrons. The molecule has 2 aromatic carbocycles. The zero-order chi connectivity index (χ0) is 20.5. The van der Waals surface area contributed by atoms with Crippen LogP contribution in [0.4, 0.5) is 11.4 Å². The minimum absolute atomic E-state index is 0.171. The molecule has 0 aliphatic rings. The topological polar surface area (TPSA) is 130 Å². The van der Waals surface area contributed by atoms with Crippen LogP contribution in [0.5, 0.6) is 0 Å². The van der Waals surface area contributed by atoms with Crippen molar-refractivity contribution in [3.8, 4) is 0 Å². The average molecular weight is 436 g/mol. The van der Waals surface area contributed by atoms with Crippen LogP contribution in [0, 0.1) is 5.41 Å². The lowest BCUT2D eigenvalue weighted by atomic mass is 10.1. The van der Waals surface area contributed by atoms with Gasteiger partial charge in [-0.15, -0.1) is 11.3 Å². The second-order valence-corrected chi connectivity index (χ2v) is 10.6. The van der Waals surface area contributed by atoms with E-state index in [0.717, 1.165) is 6.26 Å². The van der Waals surface area contributed by atoms with E-state index in [1.54, 1.807) is 12.1 Å². The van der Waals surface area contributed by atoms with Crippen molar-refractivity contribution in [1.82, 2.24) is 0 Å². The van der Waals surface area contributed by atoms with Crippen LogP contribution in [0.1, 0.15) is 10.4 Å². The number of nitrogens with two attached hydrogens (primary N) is 1. The summed E-state index contributed by atoms with van der Waals surface area (Å²) in [4.78, 5) is 0.0582. The fraction of sp³-hybridized carbons (Fsp3) is 0.0556. The van der Waals surface area contributed by atoms with Gasteiger partial charge in [-0.2, -0.15) is 0 Å². The van der Waals surface area contributed by atoms with Gasteiger partial charge in [0.25, 0.3) is 10.0 Å². The van der Waals surface area contributed by atoms with Gasteiger partial charge in [0.05, 0.1) is 15.5 Å². The Kier molecular flexibility index (Phi) is 5.28. The minimum atomic E-state index is -4.17. The molecule has 10 heteroatoms. The van der Waals surface area contributed by atoms with E-state index in [4.69, 9.17) is 11.1 Å². The van der Waals surface area contributed by atoms with E-state index in [2.05, 4.69) is 4.72 Å². The summed E-state index contributed by atoms with van der Waals surface area (Å²) in [5.41, 5.74) is 7.01. The first kappa shape index (κ1) is 20.1. The number of anilines is 2. The van der Waals surface area contributed by atoms with Crippen LogP contribution in [-0.2, 0) is 19.9 Å². The second-order valence-electron chi connectivity index (χ2n) is 5.98. The van der Waals surface area contributed by atoms with Crippen LogP contribution in [0.3, 0.4) is 0 Å². The largest absolute Gasteiger partial charge is 0.398 e. The number of rotatable bonds is 6. The predicted octanol–water partition coefficient (Wildman–Crippen LogP) is 2.95. The Bertz CT molecular complexity index is 1250. The molecular formula is C18H17N3O4S3. The van der Waals surface area contributed by atoms with Crippen molar-refractivity contribution in [3.63, 3.8) is 0 Å². The first-order valence-electron chi connectivity index (χ1n) is 7.94. The maximum absolute atomic E-state index is 12.8. The number of thiophene rings is 1. The average Bonchev–Trinajstić information content (AvgIpc) is 3.16. The molecule has 0 saturated heterocycles. The third-order valence-electron chi connectivity index (χ3n) is 3.88. The summed E-state index contributed by atoms with van der Waals surface area (Å²) >= 11 is 1.37. The SMILES string of the molecule is CS(=O)(=O)c1ccccc1S(=O)(=O)Nc1ccc(N)c(C(=N)c2cccs2)c1. The Morgan fingerprint density at radius 2 is 1.68 bits per heavy atom. The zero-order valence-corrected chi connectivity index (χ0v) is 17.2. The highest BCUT2D eigenvalue weighted by Crippen LogP contribution is 2.27. The van der Waals surface area contributed by atoms with Crippen molar-refractivity contribution < 1.29 is 16.8 Å². The van der Waals surface area contributed by atoms with Gasteiger partial charge in [-0.05, 0) is 41.8 Å². The third kappa shape index (κ3) is 4.08. The number of hydrogen-bond acceptors (Lipinski definition) is 7. The highest BCUT2D eigenvalue weighted by atomic mass is 32.2. The Hall–Kier alpha value is -2.69. The number of nitrogens with one attached hydrogen (secondary N) is 2. The van der Waals surface area contributed by atoms with Crippen LogP contribution in [0.2, 0.25) is 0 Å². The highest BCUT2D eigenvalue weighted by Gasteiger charge is 2.24. The van der Waals surface area contributed by atoms with Crippen LogP contribution < -0.4 is 10.5 Å². The molecule has 3 rings (SSSR count). The molecule has 28 heavy (non-hydrogen) atoms. The number of sulfone groups is 1. The lowest BCUT2D eigenvalue weighted by Gasteiger charge is -2.13. The molecule has 0 fully saturated rings. The van der Waals surface area contributed by atoms with Gasteiger partial charge in [-0.1, -0.05) is 18.2 Å². The Balaban J connectivity index is 2.01. The first-order chi connectivity index (χ1) is 13.1. The molecule has 0 aliphatic carbocycles. The lowest BCUT2D eigenvalue weighted by molar-refractivity contribution is 0.588. The van der Waals surface area contributed by atoms with Gasteiger partial charge >= 0.3 is 0 Å². The minimum Gasteiger partial charge on any atom is -0.398 e. The van der Waals surface area contributed by atoms with Crippen molar-refractivity contribution in [2.75, 3.05) is 16.7 Å². The summed E-state index contributed by atoms with van der Waals surface area (Å²) in [7, 11) is -7.91. The van der Waals surface area contributed by atoms with Crippen molar-refractivity contribution in [2.45, 2.75) is 9.79 Å². The van der Waals surface area contributed by atoms with Crippen LogP contribution >= 0.6 is 11.3 Å². The number of nitrogen functional groups attached to an aromatic ring is 1. The molecule has 3 aromatic rings. The molecule has 1 aromatic heterocycles. The number of sulfonamides is 1. The molecule has 0 saturated carbocycles. The fourth-order valence-electron chi connectivity index (χ4n) is 2.58. The van der Waals surface area contributed by atoms with Crippen LogP contribution in [0.15, 0.2) is 69.8 Å². The van der Waals surface area contributed by atoms with Gasteiger partial charge in [0.15, 0.2) is 9.84 Å².